The van der Waals surface area contributed by atoms with E-state index in [4.69, 9.17) is 4.74 Å². The van der Waals surface area contributed by atoms with Gasteiger partial charge in [0.05, 0.1) is 24.7 Å². The Morgan fingerprint density at radius 2 is 2.04 bits per heavy atom. The summed E-state index contributed by atoms with van der Waals surface area (Å²) >= 11 is 0. The highest BCUT2D eigenvalue weighted by Gasteiger charge is 2.08. The molecule has 0 atom stereocenters. The molecule has 0 saturated carbocycles. The summed E-state index contributed by atoms with van der Waals surface area (Å²) in [7, 11) is 1.63. The molecular formula is C20H19FN4O2. The zero-order chi connectivity index (χ0) is 18.8. The Kier molecular flexibility index (Phi) is 4.50. The fourth-order valence-corrected chi connectivity index (χ4v) is 3.06. The number of methoxy groups -OCH3 is 1. The lowest BCUT2D eigenvalue weighted by Gasteiger charge is -2.02. The van der Waals surface area contributed by atoms with Crippen molar-refractivity contribution in [3.63, 3.8) is 0 Å². The molecule has 0 aliphatic heterocycles. The third-order valence-corrected chi connectivity index (χ3v) is 4.44. The molecule has 0 fully saturated rings. The molecule has 0 saturated heterocycles. The van der Waals surface area contributed by atoms with Gasteiger partial charge in [0.1, 0.15) is 17.4 Å². The summed E-state index contributed by atoms with van der Waals surface area (Å²) in [6, 6.07) is 12.2. The summed E-state index contributed by atoms with van der Waals surface area (Å²) in [5.74, 6) is 1.08. The van der Waals surface area contributed by atoms with E-state index in [0.29, 0.717) is 36.2 Å². The zero-order valence-electron chi connectivity index (χ0n) is 14.8. The molecule has 0 unspecified atom stereocenters. The fourth-order valence-electron chi connectivity index (χ4n) is 3.06. The smallest absolute Gasteiger partial charge is 0.220 e. The van der Waals surface area contributed by atoms with Gasteiger partial charge < -0.3 is 20.0 Å². The van der Waals surface area contributed by atoms with Crippen molar-refractivity contribution in [3.8, 4) is 5.75 Å². The highest BCUT2D eigenvalue weighted by Crippen LogP contribution is 2.21. The number of fused-ring (bicyclic) bond motifs is 2. The second-order valence-corrected chi connectivity index (χ2v) is 6.37. The standard InChI is InChI=1S/C20H19FN4O2/c1-27-15-3-5-16-12(9-15)8-14(23-16)11-22-20(26)7-6-19-24-17-4-2-13(21)10-18(17)25-19/h2-5,8-10,23H,6-7,11H2,1H3,(H,22,26)(H,24,25). The molecule has 27 heavy (non-hydrogen) atoms. The van der Waals surface area contributed by atoms with Crippen LogP contribution in [0.5, 0.6) is 5.75 Å². The van der Waals surface area contributed by atoms with Crippen molar-refractivity contribution in [1.29, 1.82) is 0 Å². The molecule has 0 spiro atoms. The first-order valence-electron chi connectivity index (χ1n) is 8.67. The van der Waals surface area contributed by atoms with Gasteiger partial charge in [-0.2, -0.15) is 0 Å². The molecule has 7 heteroatoms. The molecule has 2 aromatic carbocycles. The van der Waals surface area contributed by atoms with Crippen LogP contribution in [0.1, 0.15) is 17.9 Å². The maximum absolute atomic E-state index is 13.2. The minimum Gasteiger partial charge on any atom is -0.497 e. The number of carbonyl (C=O) groups is 1. The summed E-state index contributed by atoms with van der Waals surface area (Å²) < 4.78 is 18.4. The van der Waals surface area contributed by atoms with Crippen LogP contribution in [0.2, 0.25) is 0 Å². The van der Waals surface area contributed by atoms with Crippen LogP contribution >= 0.6 is 0 Å². The molecular weight excluding hydrogens is 347 g/mol. The predicted molar refractivity (Wildman–Crippen MR) is 101 cm³/mol. The number of imidazole rings is 1. The van der Waals surface area contributed by atoms with Crippen LogP contribution in [-0.2, 0) is 17.8 Å². The van der Waals surface area contributed by atoms with E-state index in [0.717, 1.165) is 22.3 Å². The summed E-state index contributed by atoms with van der Waals surface area (Å²) in [5.41, 5.74) is 3.25. The molecule has 3 N–H and O–H groups in total. The number of amides is 1. The number of H-pyrrole nitrogens is 2. The van der Waals surface area contributed by atoms with Crippen LogP contribution in [0.3, 0.4) is 0 Å². The van der Waals surface area contributed by atoms with Gasteiger partial charge >= 0.3 is 0 Å². The highest BCUT2D eigenvalue weighted by atomic mass is 19.1. The summed E-state index contributed by atoms with van der Waals surface area (Å²) in [6.07, 6.45) is 0.766. The first-order chi connectivity index (χ1) is 13.1. The van der Waals surface area contributed by atoms with E-state index in [-0.39, 0.29) is 11.7 Å². The quantitative estimate of drug-likeness (QED) is 0.489. The van der Waals surface area contributed by atoms with Crippen molar-refractivity contribution in [3.05, 3.63) is 59.8 Å². The number of carbonyl (C=O) groups excluding carboxylic acids is 1. The summed E-state index contributed by atoms with van der Waals surface area (Å²) in [4.78, 5) is 22.8. The summed E-state index contributed by atoms with van der Waals surface area (Å²) in [6.45, 7) is 0.418. The molecule has 6 nitrogen and oxygen atoms in total. The summed E-state index contributed by atoms with van der Waals surface area (Å²) in [5, 5.41) is 3.93. The van der Waals surface area contributed by atoms with E-state index in [1.54, 1.807) is 13.2 Å². The van der Waals surface area contributed by atoms with E-state index in [2.05, 4.69) is 20.3 Å². The van der Waals surface area contributed by atoms with Crippen LogP contribution in [0.25, 0.3) is 21.9 Å². The van der Waals surface area contributed by atoms with Crippen LogP contribution < -0.4 is 10.1 Å². The van der Waals surface area contributed by atoms with Gasteiger partial charge in [-0.1, -0.05) is 0 Å². The number of halogens is 1. The fraction of sp³-hybridized carbons (Fsp3) is 0.200. The molecule has 138 valence electrons. The van der Waals surface area contributed by atoms with Gasteiger partial charge in [0.2, 0.25) is 5.91 Å². The normalized spacial score (nSPS) is 11.2. The van der Waals surface area contributed by atoms with Crippen molar-refractivity contribution in [1.82, 2.24) is 20.3 Å². The predicted octanol–water partition coefficient (Wildman–Crippen LogP) is 3.44. The Morgan fingerprint density at radius 3 is 2.89 bits per heavy atom. The molecule has 0 bridgehead atoms. The van der Waals surface area contributed by atoms with Gasteiger partial charge in [0.15, 0.2) is 0 Å². The van der Waals surface area contributed by atoms with Crippen LogP contribution in [0.15, 0.2) is 42.5 Å². The molecule has 4 aromatic rings. The molecule has 1 amide bonds. The number of aromatic amines is 2. The number of hydrogen-bond donors (Lipinski definition) is 3. The van der Waals surface area contributed by atoms with Crippen molar-refractivity contribution < 1.29 is 13.9 Å². The minimum absolute atomic E-state index is 0.0714. The average Bonchev–Trinajstić information content (AvgIpc) is 3.26. The Hall–Kier alpha value is -3.35. The molecule has 0 radical (unpaired) electrons. The van der Waals surface area contributed by atoms with E-state index in [1.807, 2.05) is 24.3 Å². The Bertz CT molecular complexity index is 1120. The topological polar surface area (TPSA) is 82.8 Å². The molecule has 2 aromatic heterocycles. The lowest BCUT2D eigenvalue weighted by atomic mass is 10.2. The molecule has 4 rings (SSSR count). The lowest BCUT2D eigenvalue weighted by molar-refractivity contribution is -0.121. The Morgan fingerprint density at radius 1 is 1.15 bits per heavy atom. The number of nitrogens with one attached hydrogen (secondary N) is 3. The monoisotopic (exact) mass is 366 g/mol. The van der Waals surface area contributed by atoms with Crippen LogP contribution in [0.4, 0.5) is 4.39 Å². The second kappa shape index (κ2) is 7.11. The average molecular weight is 366 g/mol. The van der Waals surface area contributed by atoms with Gasteiger partial charge in [-0.25, -0.2) is 9.37 Å². The SMILES string of the molecule is COc1ccc2[nH]c(CNC(=O)CCc3nc4ccc(F)cc4[nH]3)cc2c1. The highest BCUT2D eigenvalue weighted by molar-refractivity contribution is 5.82. The van der Waals surface area contributed by atoms with Gasteiger partial charge in [0.25, 0.3) is 0 Å². The van der Waals surface area contributed by atoms with Crippen LogP contribution in [-0.4, -0.2) is 28.0 Å². The van der Waals surface area contributed by atoms with E-state index in [1.165, 1.54) is 12.1 Å². The van der Waals surface area contributed by atoms with E-state index in [9.17, 15) is 9.18 Å². The first-order valence-corrected chi connectivity index (χ1v) is 8.67. The van der Waals surface area contributed by atoms with E-state index < -0.39 is 0 Å². The number of rotatable bonds is 6. The van der Waals surface area contributed by atoms with Crippen molar-refractivity contribution in [2.24, 2.45) is 0 Å². The largest absolute Gasteiger partial charge is 0.497 e. The van der Waals surface area contributed by atoms with Crippen molar-refractivity contribution in [2.75, 3.05) is 7.11 Å². The number of hydrogen-bond acceptors (Lipinski definition) is 3. The Balaban J connectivity index is 1.33. The number of aryl methyl sites for hydroxylation is 1. The second-order valence-electron chi connectivity index (χ2n) is 6.37. The van der Waals surface area contributed by atoms with Crippen LogP contribution in [0, 0.1) is 5.82 Å². The molecule has 2 heterocycles. The van der Waals surface area contributed by atoms with E-state index >= 15 is 0 Å². The van der Waals surface area contributed by atoms with Gasteiger partial charge in [-0.3, -0.25) is 4.79 Å². The minimum atomic E-state index is -0.314. The first kappa shape index (κ1) is 17.1. The Labute approximate surface area is 154 Å². The third kappa shape index (κ3) is 3.76. The maximum atomic E-state index is 13.2. The van der Waals surface area contributed by atoms with Crippen molar-refractivity contribution in [2.45, 2.75) is 19.4 Å². The molecule has 0 aliphatic rings. The van der Waals surface area contributed by atoms with Gasteiger partial charge in [-0.15, -0.1) is 0 Å². The number of ether oxygens (including phenoxy) is 1. The zero-order valence-corrected chi connectivity index (χ0v) is 14.8. The van der Waals surface area contributed by atoms with Gasteiger partial charge in [0, 0.05) is 29.4 Å². The third-order valence-electron chi connectivity index (χ3n) is 4.44. The number of nitrogens with zero attached hydrogens (tertiary/aromatic N) is 1. The number of aromatic nitrogens is 3. The van der Waals surface area contributed by atoms with Crippen molar-refractivity contribution >= 4 is 27.8 Å². The van der Waals surface area contributed by atoms with Gasteiger partial charge in [-0.05, 0) is 42.5 Å². The molecule has 0 aliphatic carbocycles. The maximum Gasteiger partial charge on any atom is 0.220 e. The lowest BCUT2D eigenvalue weighted by Crippen LogP contribution is -2.23. The number of benzene rings is 2.